The Labute approximate surface area is 239 Å². The predicted molar refractivity (Wildman–Crippen MR) is 154 cm³/mol. The first-order valence-corrected chi connectivity index (χ1v) is 12.3. The van der Waals surface area contributed by atoms with E-state index in [1.165, 1.54) is 27.8 Å². The van der Waals surface area contributed by atoms with Gasteiger partial charge in [-0.15, -0.1) is 65.2 Å². The van der Waals surface area contributed by atoms with Crippen LogP contribution in [0.15, 0.2) is 140 Å². The smallest absolute Gasteiger partial charge is 0.305 e. The number of hydrogen-bond acceptors (Lipinski definition) is 1. The van der Waals surface area contributed by atoms with Crippen molar-refractivity contribution < 1.29 is 20.1 Å². The van der Waals surface area contributed by atoms with Crippen LogP contribution in [-0.2, 0) is 20.1 Å². The fourth-order valence-electron chi connectivity index (χ4n) is 4.16. The fraction of sp³-hybridized carbons (Fsp3) is 0.0278. The van der Waals surface area contributed by atoms with Crippen LogP contribution in [0.1, 0.15) is 5.56 Å². The molecule has 0 spiro atoms. The Morgan fingerprint density at radius 2 is 1.29 bits per heavy atom. The molecule has 0 radical (unpaired) electrons. The molecule has 38 heavy (non-hydrogen) atoms. The quantitative estimate of drug-likeness (QED) is 0.171. The van der Waals surface area contributed by atoms with Gasteiger partial charge in [-0.3, -0.25) is 0 Å². The SMILES string of the molecule is Cc1ccccc1-c1c[c-]c(-c2[c-]ccc(-c3ccccc3)c2)cc1.[Ir+3].[c-]1ccccc1-c1ccccn1. The van der Waals surface area contributed by atoms with Crippen molar-refractivity contribution in [2.75, 3.05) is 0 Å². The van der Waals surface area contributed by atoms with Crippen LogP contribution in [0.5, 0.6) is 0 Å². The standard InChI is InChI=1S/C25H18.C11H8N.Ir/c1-19-8-5-6-13-25(19)22-16-14-21(15-17-22)24-12-7-11-23(18-24)20-9-3-2-4-10-20;1-2-6-10(7-3-1)11-8-4-5-9-12-11;/h2-11,13-14,16-18H,1H3;1-6,8-9H;/q-2;-1;+3. The van der Waals surface area contributed by atoms with Crippen molar-refractivity contribution in [2.45, 2.75) is 6.92 Å². The normalized spacial score (nSPS) is 10.0. The minimum Gasteiger partial charge on any atom is -0.305 e. The van der Waals surface area contributed by atoms with E-state index in [-0.39, 0.29) is 20.1 Å². The zero-order chi connectivity index (χ0) is 25.3. The van der Waals surface area contributed by atoms with Gasteiger partial charge < -0.3 is 4.98 Å². The van der Waals surface area contributed by atoms with Gasteiger partial charge >= 0.3 is 20.1 Å². The Morgan fingerprint density at radius 3 is 2.00 bits per heavy atom. The van der Waals surface area contributed by atoms with E-state index in [4.69, 9.17) is 0 Å². The van der Waals surface area contributed by atoms with Gasteiger partial charge in [0.05, 0.1) is 0 Å². The van der Waals surface area contributed by atoms with Crippen molar-refractivity contribution in [1.29, 1.82) is 0 Å². The zero-order valence-electron chi connectivity index (χ0n) is 21.1. The van der Waals surface area contributed by atoms with Crippen LogP contribution < -0.4 is 0 Å². The molecule has 0 N–H and O–H groups in total. The van der Waals surface area contributed by atoms with E-state index < -0.39 is 0 Å². The molecule has 0 aliphatic rings. The van der Waals surface area contributed by atoms with Crippen LogP contribution in [0.2, 0.25) is 0 Å². The second-order valence-electron chi connectivity index (χ2n) is 8.65. The molecule has 0 saturated carbocycles. The third-order valence-corrected chi connectivity index (χ3v) is 6.12. The van der Waals surface area contributed by atoms with Crippen LogP contribution in [0, 0.1) is 25.1 Å². The topological polar surface area (TPSA) is 12.9 Å². The molecule has 1 aromatic heterocycles. The van der Waals surface area contributed by atoms with Gasteiger partial charge in [-0.05, 0) is 24.2 Å². The Balaban J connectivity index is 0.000000218. The number of rotatable bonds is 4. The summed E-state index contributed by atoms with van der Waals surface area (Å²) in [6, 6.07) is 55.1. The summed E-state index contributed by atoms with van der Waals surface area (Å²) in [5.41, 5.74) is 10.3. The maximum atomic E-state index is 4.22. The average Bonchev–Trinajstić information content (AvgIpc) is 2.99. The molecule has 0 aliphatic heterocycles. The van der Waals surface area contributed by atoms with Crippen LogP contribution >= 0.6 is 0 Å². The Morgan fingerprint density at radius 1 is 0.526 bits per heavy atom. The number of aromatic nitrogens is 1. The molecule has 0 atom stereocenters. The van der Waals surface area contributed by atoms with E-state index >= 15 is 0 Å². The molecule has 184 valence electrons. The van der Waals surface area contributed by atoms with Gasteiger partial charge in [0, 0.05) is 6.20 Å². The molecule has 1 heterocycles. The molecule has 5 aromatic carbocycles. The molecule has 6 aromatic rings. The van der Waals surface area contributed by atoms with E-state index in [9.17, 15) is 0 Å². The summed E-state index contributed by atoms with van der Waals surface area (Å²) in [4.78, 5) is 4.22. The summed E-state index contributed by atoms with van der Waals surface area (Å²) in [7, 11) is 0. The van der Waals surface area contributed by atoms with Gasteiger partial charge in [-0.1, -0.05) is 77.9 Å². The summed E-state index contributed by atoms with van der Waals surface area (Å²) in [5, 5.41) is 0. The summed E-state index contributed by atoms with van der Waals surface area (Å²) < 4.78 is 0. The average molecular weight is 665 g/mol. The number of benzene rings is 5. The second kappa shape index (κ2) is 13.4. The van der Waals surface area contributed by atoms with Crippen molar-refractivity contribution >= 4 is 0 Å². The van der Waals surface area contributed by atoms with Gasteiger partial charge in [-0.25, -0.2) is 11.1 Å². The number of nitrogens with zero attached hydrogens (tertiary/aromatic N) is 1. The van der Waals surface area contributed by atoms with E-state index in [1.54, 1.807) is 6.20 Å². The molecular weight excluding hydrogens is 639 g/mol. The molecule has 0 saturated heterocycles. The zero-order valence-corrected chi connectivity index (χ0v) is 23.5. The summed E-state index contributed by atoms with van der Waals surface area (Å²) >= 11 is 0. The predicted octanol–water partition coefficient (Wildman–Crippen LogP) is 9.14. The number of pyridine rings is 1. The molecule has 0 bridgehead atoms. The van der Waals surface area contributed by atoms with Gasteiger partial charge in [0.25, 0.3) is 0 Å². The molecule has 2 heteroatoms. The third-order valence-electron chi connectivity index (χ3n) is 6.12. The van der Waals surface area contributed by atoms with Crippen molar-refractivity contribution in [1.82, 2.24) is 4.98 Å². The van der Waals surface area contributed by atoms with Crippen molar-refractivity contribution in [3.8, 4) is 44.6 Å². The van der Waals surface area contributed by atoms with Crippen molar-refractivity contribution in [3.63, 3.8) is 0 Å². The van der Waals surface area contributed by atoms with Gasteiger partial charge in [0.15, 0.2) is 0 Å². The van der Waals surface area contributed by atoms with E-state index in [2.05, 4.69) is 109 Å². The summed E-state index contributed by atoms with van der Waals surface area (Å²) in [6.45, 7) is 2.14. The molecule has 6 rings (SSSR count). The molecule has 1 nitrogen and oxygen atoms in total. The Bertz CT molecular complexity index is 1510. The summed E-state index contributed by atoms with van der Waals surface area (Å²) in [6.07, 6.45) is 1.79. The number of hydrogen-bond donors (Lipinski definition) is 0. The Kier molecular flexibility index (Phi) is 9.53. The Hall–Kier alpha value is -4.10. The monoisotopic (exact) mass is 665 g/mol. The van der Waals surface area contributed by atoms with Gasteiger partial charge in [0.2, 0.25) is 0 Å². The minimum absolute atomic E-state index is 0. The molecule has 0 aliphatic carbocycles. The molecule has 0 fully saturated rings. The third kappa shape index (κ3) is 6.81. The largest absolute Gasteiger partial charge is 3.00 e. The number of aryl methyl sites for hydroxylation is 1. The fourth-order valence-corrected chi connectivity index (χ4v) is 4.16. The first kappa shape index (κ1) is 26.9. The molecular formula is C36H26IrN. The first-order valence-electron chi connectivity index (χ1n) is 12.3. The summed E-state index contributed by atoms with van der Waals surface area (Å²) in [5.74, 6) is 0. The van der Waals surface area contributed by atoms with Crippen molar-refractivity contribution in [3.05, 3.63) is 163 Å². The van der Waals surface area contributed by atoms with E-state index in [0.717, 1.165) is 22.4 Å². The maximum Gasteiger partial charge on any atom is 3.00 e. The van der Waals surface area contributed by atoms with Gasteiger partial charge in [0.1, 0.15) is 0 Å². The van der Waals surface area contributed by atoms with E-state index in [0.29, 0.717) is 0 Å². The van der Waals surface area contributed by atoms with Crippen LogP contribution in [-0.4, -0.2) is 4.98 Å². The molecule has 0 amide bonds. The van der Waals surface area contributed by atoms with Crippen LogP contribution in [0.25, 0.3) is 44.6 Å². The van der Waals surface area contributed by atoms with E-state index in [1.807, 2.05) is 54.6 Å². The second-order valence-corrected chi connectivity index (χ2v) is 8.65. The first-order chi connectivity index (χ1) is 18.3. The van der Waals surface area contributed by atoms with Gasteiger partial charge in [-0.2, -0.15) is 30.3 Å². The van der Waals surface area contributed by atoms with Crippen molar-refractivity contribution in [2.24, 2.45) is 0 Å². The van der Waals surface area contributed by atoms with Crippen LogP contribution in [0.3, 0.4) is 0 Å². The minimum atomic E-state index is 0. The maximum absolute atomic E-state index is 4.22. The molecule has 0 unspecified atom stereocenters. The van der Waals surface area contributed by atoms with Crippen LogP contribution in [0.4, 0.5) is 0 Å².